The monoisotopic (exact) mass is 424 g/mol. The molecule has 0 aromatic heterocycles. The predicted molar refractivity (Wildman–Crippen MR) is 107 cm³/mol. The van der Waals surface area contributed by atoms with Crippen molar-refractivity contribution < 1.29 is 4.79 Å². The van der Waals surface area contributed by atoms with Crippen LogP contribution in [-0.2, 0) is 4.79 Å². The summed E-state index contributed by atoms with van der Waals surface area (Å²) in [5.41, 5.74) is 1.25. The van der Waals surface area contributed by atoms with Gasteiger partial charge in [0.2, 0.25) is 0 Å². The zero-order valence-electron chi connectivity index (χ0n) is 13.8. The number of rotatable bonds is 2. The maximum Gasteiger partial charge on any atom is 0.149 e. The van der Waals surface area contributed by atoms with Crippen LogP contribution in [-0.4, -0.2) is 16.5 Å². The fraction of sp³-hybridized carbons (Fsp3) is 0.381. The van der Waals surface area contributed by atoms with E-state index >= 15 is 0 Å². The van der Waals surface area contributed by atoms with E-state index in [0.717, 1.165) is 24.0 Å². The second kappa shape index (κ2) is 5.64. The number of halogens is 4. The van der Waals surface area contributed by atoms with Crippen molar-refractivity contribution >= 4 is 52.2 Å². The van der Waals surface area contributed by atoms with Gasteiger partial charge in [-0.1, -0.05) is 47.5 Å². The molecule has 2 aromatic rings. The number of benzene rings is 2. The molecule has 3 saturated carbocycles. The van der Waals surface area contributed by atoms with Crippen molar-refractivity contribution in [3.8, 4) is 0 Å². The van der Waals surface area contributed by atoms with E-state index in [-0.39, 0.29) is 28.4 Å². The Balaban J connectivity index is 1.46. The molecule has 5 heteroatoms. The lowest BCUT2D eigenvalue weighted by Crippen LogP contribution is -2.22. The van der Waals surface area contributed by atoms with E-state index in [2.05, 4.69) is 0 Å². The standard InChI is InChI=1S/C21H16Cl4O/c22-13-5-1-11(2-6-13)15-17(24)20(15)9-10-21(19(20)26)16(18(21)25)12-3-7-14(23)8-4-12/h1-8,15-18H,9-10H2. The molecule has 3 fully saturated rings. The number of alkyl halides is 2. The lowest BCUT2D eigenvalue weighted by atomic mass is 9.91. The largest absolute Gasteiger partial charge is 0.298 e. The lowest BCUT2D eigenvalue weighted by molar-refractivity contribution is -0.126. The van der Waals surface area contributed by atoms with Crippen molar-refractivity contribution in [2.24, 2.45) is 10.8 Å². The topological polar surface area (TPSA) is 17.1 Å². The Labute approximate surface area is 172 Å². The van der Waals surface area contributed by atoms with Gasteiger partial charge in [0, 0.05) is 21.9 Å². The van der Waals surface area contributed by atoms with Gasteiger partial charge in [-0.25, -0.2) is 0 Å². The van der Waals surface area contributed by atoms with Crippen molar-refractivity contribution in [2.75, 3.05) is 0 Å². The predicted octanol–water partition coefficient (Wildman–Crippen LogP) is 6.44. The maximum atomic E-state index is 13.6. The first kappa shape index (κ1) is 17.4. The molecule has 0 radical (unpaired) electrons. The molecule has 6 unspecified atom stereocenters. The van der Waals surface area contributed by atoms with Crippen LogP contribution in [0.4, 0.5) is 0 Å². The molecule has 0 amide bonds. The summed E-state index contributed by atoms with van der Waals surface area (Å²) in [5.74, 6) is 0.372. The van der Waals surface area contributed by atoms with Gasteiger partial charge in [0.25, 0.3) is 0 Å². The summed E-state index contributed by atoms with van der Waals surface area (Å²) in [4.78, 5) is 13.6. The van der Waals surface area contributed by atoms with Gasteiger partial charge in [0.05, 0.1) is 21.6 Å². The van der Waals surface area contributed by atoms with Crippen molar-refractivity contribution in [2.45, 2.75) is 35.4 Å². The number of Topliss-reactive ketones (excluding diaryl/α,β-unsaturated/α-hetero) is 1. The molecule has 0 bridgehead atoms. The Bertz CT molecular complexity index is 820. The summed E-state index contributed by atoms with van der Waals surface area (Å²) in [6, 6.07) is 15.4. The van der Waals surface area contributed by atoms with Crippen LogP contribution >= 0.6 is 46.4 Å². The number of carbonyl (C=O) groups is 1. The molecule has 3 aliphatic carbocycles. The summed E-state index contributed by atoms with van der Waals surface area (Å²) in [7, 11) is 0. The van der Waals surface area contributed by atoms with Crippen molar-refractivity contribution in [3.63, 3.8) is 0 Å². The third-order valence-electron chi connectivity index (χ3n) is 6.72. The van der Waals surface area contributed by atoms with Crippen LogP contribution in [0.1, 0.15) is 35.8 Å². The van der Waals surface area contributed by atoms with Gasteiger partial charge in [0.15, 0.2) is 0 Å². The molecule has 0 heterocycles. The molecule has 5 rings (SSSR count). The normalized spacial score (nSPS) is 40.4. The zero-order valence-corrected chi connectivity index (χ0v) is 16.8. The Morgan fingerprint density at radius 2 is 1.04 bits per heavy atom. The first-order chi connectivity index (χ1) is 12.4. The number of ketones is 1. The summed E-state index contributed by atoms with van der Waals surface area (Å²) in [5, 5.41) is 1.06. The Morgan fingerprint density at radius 3 is 1.38 bits per heavy atom. The number of carbonyl (C=O) groups excluding carboxylic acids is 1. The molecular weight excluding hydrogens is 410 g/mol. The molecule has 26 heavy (non-hydrogen) atoms. The van der Waals surface area contributed by atoms with Gasteiger partial charge in [-0.15, -0.1) is 23.2 Å². The van der Waals surface area contributed by atoms with Gasteiger partial charge in [-0.05, 0) is 48.2 Å². The van der Waals surface area contributed by atoms with E-state index in [0.29, 0.717) is 10.0 Å². The summed E-state index contributed by atoms with van der Waals surface area (Å²) < 4.78 is 0. The SMILES string of the molecule is O=C1C2(CCC13C(Cl)C3c1ccc(Cl)cc1)C(Cl)C2c1ccc(Cl)cc1. The average Bonchev–Trinajstić information content (AvgIpc) is 3.40. The van der Waals surface area contributed by atoms with Gasteiger partial charge in [0.1, 0.15) is 5.78 Å². The Morgan fingerprint density at radius 1 is 0.692 bits per heavy atom. The highest BCUT2D eigenvalue weighted by Gasteiger charge is 2.83. The molecular formula is C21H16Cl4O. The molecule has 0 saturated heterocycles. The molecule has 6 atom stereocenters. The van der Waals surface area contributed by atoms with Crippen molar-refractivity contribution in [1.29, 1.82) is 0 Å². The zero-order chi connectivity index (χ0) is 18.3. The minimum absolute atomic E-state index is 0.0589. The average molecular weight is 426 g/mol. The van der Waals surface area contributed by atoms with Gasteiger partial charge < -0.3 is 0 Å². The summed E-state index contributed by atoms with van der Waals surface area (Å²) >= 11 is 25.4. The highest BCUT2D eigenvalue weighted by atomic mass is 35.5. The fourth-order valence-corrected chi connectivity index (χ4v) is 6.79. The lowest BCUT2D eigenvalue weighted by Gasteiger charge is -2.11. The van der Waals surface area contributed by atoms with Crippen LogP contribution in [0.15, 0.2) is 48.5 Å². The van der Waals surface area contributed by atoms with Crippen LogP contribution in [0, 0.1) is 10.8 Å². The molecule has 2 aromatic carbocycles. The summed E-state index contributed by atoms with van der Waals surface area (Å²) in [6.07, 6.45) is 1.61. The highest BCUT2D eigenvalue weighted by Crippen LogP contribution is 2.80. The van der Waals surface area contributed by atoms with E-state index in [9.17, 15) is 4.79 Å². The Kier molecular flexibility index (Phi) is 3.77. The van der Waals surface area contributed by atoms with Crippen LogP contribution in [0.25, 0.3) is 0 Å². The number of hydrogen-bond acceptors (Lipinski definition) is 1. The number of hydrogen-bond donors (Lipinski definition) is 0. The fourth-order valence-electron chi connectivity index (χ4n) is 5.25. The molecule has 0 aliphatic heterocycles. The minimum Gasteiger partial charge on any atom is -0.298 e. The second-order valence-corrected chi connectivity index (χ2v) is 9.59. The maximum absolute atomic E-state index is 13.6. The quantitative estimate of drug-likeness (QED) is 0.506. The van der Waals surface area contributed by atoms with Crippen LogP contribution in [0.3, 0.4) is 0 Å². The smallest absolute Gasteiger partial charge is 0.149 e. The van der Waals surface area contributed by atoms with Gasteiger partial charge >= 0.3 is 0 Å². The van der Waals surface area contributed by atoms with Crippen LogP contribution < -0.4 is 0 Å². The Hall–Kier alpha value is -0.730. The molecule has 1 nitrogen and oxygen atoms in total. The molecule has 134 valence electrons. The van der Waals surface area contributed by atoms with Crippen molar-refractivity contribution in [1.82, 2.24) is 0 Å². The van der Waals surface area contributed by atoms with Crippen LogP contribution in [0.5, 0.6) is 0 Å². The second-order valence-electron chi connectivity index (χ2n) is 7.77. The van der Waals surface area contributed by atoms with E-state index < -0.39 is 10.8 Å². The third kappa shape index (κ3) is 2.09. The van der Waals surface area contributed by atoms with Gasteiger partial charge in [-0.2, -0.15) is 0 Å². The first-order valence-electron chi connectivity index (χ1n) is 8.77. The van der Waals surface area contributed by atoms with Crippen molar-refractivity contribution in [3.05, 3.63) is 69.7 Å². The van der Waals surface area contributed by atoms with E-state index in [4.69, 9.17) is 46.4 Å². The third-order valence-corrected chi connectivity index (χ3v) is 8.50. The molecule has 2 spiro atoms. The molecule has 0 N–H and O–H groups in total. The molecule has 3 aliphatic rings. The van der Waals surface area contributed by atoms with E-state index in [1.807, 2.05) is 48.5 Å². The van der Waals surface area contributed by atoms with E-state index in [1.54, 1.807) is 0 Å². The summed E-state index contributed by atoms with van der Waals surface area (Å²) in [6.45, 7) is 0. The van der Waals surface area contributed by atoms with Gasteiger partial charge in [-0.3, -0.25) is 4.79 Å². The first-order valence-corrected chi connectivity index (χ1v) is 10.4. The van der Waals surface area contributed by atoms with Crippen LogP contribution in [0.2, 0.25) is 10.0 Å². The minimum atomic E-state index is -0.469. The highest BCUT2D eigenvalue weighted by molar-refractivity contribution is 6.32. The van der Waals surface area contributed by atoms with E-state index in [1.165, 1.54) is 0 Å².